The van der Waals surface area contributed by atoms with Crippen molar-refractivity contribution in [3.8, 4) is 0 Å². The van der Waals surface area contributed by atoms with E-state index in [0.717, 1.165) is 16.5 Å². The van der Waals surface area contributed by atoms with Crippen molar-refractivity contribution in [2.45, 2.75) is 26.3 Å². The van der Waals surface area contributed by atoms with Crippen LogP contribution in [0.4, 0.5) is 4.79 Å². The Labute approximate surface area is 137 Å². The van der Waals surface area contributed by atoms with Gasteiger partial charge in [0.05, 0.1) is 0 Å². The molecule has 122 valence electrons. The first-order chi connectivity index (χ1) is 11.0. The topological polar surface area (TPSA) is 84.5 Å². The molecule has 1 aromatic heterocycles. The van der Waals surface area contributed by atoms with E-state index in [-0.39, 0.29) is 6.04 Å². The molecule has 6 nitrogen and oxygen atoms in total. The molecule has 0 fully saturated rings. The molecule has 0 saturated heterocycles. The minimum atomic E-state index is -0.666. The van der Waals surface area contributed by atoms with Gasteiger partial charge in [0.15, 0.2) is 6.61 Å². The lowest BCUT2D eigenvalue weighted by Crippen LogP contribution is -2.44. The van der Waals surface area contributed by atoms with Gasteiger partial charge < -0.3 is 10.1 Å². The monoisotopic (exact) mass is 334 g/mol. The molecule has 23 heavy (non-hydrogen) atoms. The fourth-order valence-electron chi connectivity index (χ4n) is 1.81. The van der Waals surface area contributed by atoms with Gasteiger partial charge in [-0.05, 0) is 30.9 Å². The summed E-state index contributed by atoms with van der Waals surface area (Å²) >= 11 is 1.30. The van der Waals surface area contributed by atoms with Crippen molar-refractivity contribution >= 4 is 39.3 Å². The summed E-state index contributed by atoms with van der Waals surface area (Å²) in [5.41, 5.74) is 0. The lowest BCUT2D eigenvalue weighted by molar-refractivity contribution is -0.123. The van der Waals surface area contributed by atoms with Crippen molar-refractivity contribution in [1.82, 2.24) is 10.6 Å². The highest BCUT2D eigenvalue weighted by Crippen LogP contribution is 2.25. The fourth-order valence-corrected chi connectivity index (χ4v) is 2.77. The van der Waals surface area contributed by atoms with Gasteiger partial charge >= 0.3 is 12.0 Å². The first-order valence-electron chi connectivity index (χ1n) is 7.25. The fraction of sp³-hybridized carbons (Fsp3) is 0.312. The van der Waals surface area contributed by atoms with Crippen molar-refractivity contribution in [2.75, 3.05) is 6.61 Å². The summed E-state index contributed by atoms with van der Waals surface area (Å²) in [6.07, 6.45) is 0.753. The van der Waals surface area contributed by atoms with Crippen LogP contribution in [-0.4, -0.2) is 30.6 Å². The molecule has 0 radical (unpaired) electrons. The predicted molar refractivity (Wildman–Crippen MR) is 88.5 cm³/mol. The van der Waals surface area contributed by atoms with Crippen LogP contribution in [0.25, 0.3) is 10.1 Å². The molecular weight excluding hydrogens is 316 g/mol. The molecule has 1 aromatic carbocycles. The van der Waals surface area contributed by atoms with Gasteiger partial charge in [-0.1, -0.05) is 25.1 Å². The van der Waals surface area contributed by atoms with Gasteiger partial charge in [0, 0.05) is 10.7 Å². The Hall–Kier alpha value is -2.41. The third-order valence-corrected chi connectivity index (χ3v) is 4.30. The maximum Gasteiger partial charge on any atom is 0.348 e. The molecule has 0 aliphatic heterocycles. The number of carbonyl (C=O) groups excluding carboxylic acids is 3. The van der Waals surface area contributed by atoms with Gasteiger partial charge in [-0.25, -0.2) is 9.59 Å². The van der Waals surface area contributed by atoms with E-state index in [1.54, 1.807) is 6.07 Å². The number of amides is 3. The van der Waals surface area contributed by atoms with Gasteiger partial charge in [0.25, 0.3) is 5.91 Å². The average molecular weight is 334 g/mol. The molecule has 2 N–H and O–H groups in total. The summed E-state index contributed by atoms with van der Waals surface area (Å²) in [5.74, 6) is -1.25. The molecule has 7 heteroatoms. The number of fused-ring (bicyclic) bond motifs is 1. The lowest BCUT2D eigenvalue weighted by Gasteiger charge is -2.11. The molecule has 0 bridgehead atoms. The number of ether oxygens (including phenoxy) is 1. The number of rotatable bonds is 5. The molecule has 2 aromatic rings. The van der Waals surface area contributed by atoms with Crippen molar-refractivity contribution < 1.29 is 19.1 Å². The largest absolute Gasteiger partial charge is 0.451 e. The van der Waals surface area contributed by atoms with Crippen LogP contribution in [0.15, 0.2) is 30.3 Å². The lowest BCUT2D eigenvalue weighted by atomic mass is 10.2. The van der Waals surface area contributed by atoms with E-state index in [1.807, 2.05) is 38.1 Å². The maximum atomic E-state index is 11.9. The highest BCUT2D eigenvalue weighted by Gasteiger charge is 2.15. The Bertz CT molecular complexity index is 693. The normalized spacial score (nSPS) is 11.7. The second kappa shape index (κ2) is 7.73. The number of urea groups is 1. The van der Waals surface area contributed by atoms with Crippen LogP contribution in [0.3, 0.4) is 0 Å². The number of hydrogen-bond acceptors (Lipinski definition) is 5. The van der Waals surface area contributed by atoms with Crippen LogP contribution >= 0.6 is 11.3 Å². The second-order valence-corrected chi connectivity index (χ2v) is 6.14. The number of hydrogen-bond donors (Lipinski definition) is 2. The zero-order valence-corrected chi connectivity index (χ0v) is 13.7. The summed E-state index contributed by atoms with van der Waals surface area (Å²) < 4.78 is 5.90. The van der Waals surface area contributed by atoms with Crippen molar-refractivity contribution in [2.24, 2.45) is 0 Å². The first kappa shape index (κ1) is 17.0. The third-order valence-electron chi connectivity index (χ3n) is 3.20. The number of nitrogens with one attached hydrogen (secondary N) is 2. The molecule has 0 spiro atoms. The zero-order chi connectivity index (χ0) is 16.8. The van der Waals surface area contributed by atoms with Crippen molar-refractivity contribution in [1.29, 1.82) is 0 Å². The van der Waals surface area contributed by atoms with Gasteiger partial charge in [0.2, 0.25) is 0 Å². The summed E-state index contributed by atoms with van der Waals surface area (Å²) in [6.45, 7) is 3.24. The summed E-state index contributed by atoms with van der Waals surface area (Å²) in [5, 5.41) is 5.65. The first-order valence-corrected chi connectivity index (χ1v) is 8.07. The van der Waals surface area contributed by atoms with Crippen molar-refractivity contribution in [3.05, 3.63) is 35.2 Å². The quantitative estimate of drug-likeness (QED) is 0.823. The Morgan fingerprint density at radius 2 is 2.00 bits per heavy atom. The molecule has 1 atom stereocenters. The summed E-state index contributed by atoms with van der Waals surface area (Å²) in [7, 11) is 0. The van der Waals surface area contributed by atoms with E-state index in [4.69, 9.17) is 4.74 Å². The molecule has 0 unspecified atom stereocenters. The Morgan fingerprint density at radius 1 is 1.26 bits per heavy atom. The van der Waals surface area contributed by atoms with E-state index >= 15 is 0 Å². The Balaban J connectivity index is 1.84. The SMILES string of the molecule is CC[C@@H](C)NC(=O)NC(=O)COC(=O)c1cc2ccccc2s1. The summed E-state index contributed by atoms with van der Waals surface area (Å²) in [4.78, 5) is 35.4. The Kier molecular flexibility index (Phi) is 5.70. The standard InChI is InChI=1S/C16H18N2O4S/c1-3-10(2)17-16(21)18-14(19)9-22-15(20)13-8-11-6-4-5-7-12(11)23-13/h4-8,10H,3,9H2,1-2H3,(H2,17,18,19,21)/t10-/m1/s1. The number of benzene rings is 1. The van der Waals surface area contributed by atoms with Crippen molar-refractivity contribution in [3.63, 3.8) is 0 Å². The maximum absolute atomic E-state index is 11.9. The molecule has 0 aliphatic rings. The van der Waals surface area contributed by atoms with Crippen LogP contribution < -0.4 is 10.6 Å². The number of thiophene rings is 1. The minimum Gasteiger partial charge on any atom is -0.451 e. The molecule has 2 rings (SSSR count). The van der Waals surface area contributed by atoms with E-state index in [9.17, 15) is 14.4 Å². The van der Waals surface area contributed by atoms with Gasteiger partial charge in [-0.15, -0.1) is 11.3 Å². The molecular formula is C16H18N2O4S. The number of esters is 1. The van der Waals surface area contributed by atoms with Gasteiger partial charge in [-0.3, -0.25) is 10.1 Å². The van der Waals surface area contributed by atoms with Crippen LogP contribution in [0.5, 0.6) is 0 Å². The molecule has 0 aliphatic carbocycles. The van der Waals surface area contributed by atoms with Crippen LogP contribution in [0.1, 0.15) is 29.9 Å². The highest BCUT2D eigenvalue weighted by atomic mass is 32.1. The van der Waals surface area contributed by atoms with Gasteiger partial charge in [0.1, 0.15) is 4.88 Å². The number of imide groups is 1. The zero-order valence-electron chi connectivity index (χ0n) is 12.9. The van der Waals surface area contributed by atoms with E-state index in [0.29, 0.717) is 4.88 Å². The van der Waals surface area contributed by atoms with Crippen LogP contribution in [-0.2, 0) is 9.53 Å². The smallest absolute Gasteiger partial charge is 0.348 e. The minimum absolute atomic E-state index is 0.0381. The molecule has 0 saturated carbocycles. The van der Waals surface area contributed by atoms with Crippen LogP contribution in [0, 0.1) is 0 Å². The summed E-state index contributed by atoms with van der Waals surface area (Å²) in [6, 6.07) is 8.66. The second-order valence-electron chi connectivity index (χ2n) is 5.06. The molecule has 1 heterocycles. The highest BCUT2D eigenvalue weighted by molar-refractivity contribution is 7.20. The number of carbonyl (C=O) groups is 3. The molecule has 3 amide bonds. The third kappa shape index (κ3) is 4.79. The van der Waals surface area contributed by atoms with E-state index in [1.165, 1.54) is 11.3 Å². The van der Waals surface area contributed by atoms with Gasteiger partial charge in [-0.2, -0.15) is 0 Å². The average Bonchev–Trinajstić information content (AvgIpc) is 2.96. The predicted octanol–water partition coefficient (Wildman–Crippen LogP) is 2.68. The Morgan fingerprint density at radius 3 is 2.70 bits per heavy atom. The van der Waals surface area contributed by atoms with E-state index in [2.05, 4.69) is 10.6 Å². The van der Waals surface area contributed by atoms with E-state index < -0.39 is 24.5 Å². The van der Waals surface area contributed by atoms with Crippen LogP contribution in [0.2, 0.25) is 0 Å².